The molecule has 1 aliphatic rings. The number of aromatic nitrogens is 1. The highest BCUT2D eigenvalue weighted by Crippen LogP contribution is 2.40. The molecule has 0 spiro atoms. The van der Waals surface area contributed by atoms with Gasteiger partial charge in [-0.3, -0.25) is 9.59 Å². The Kier molecular flexibility index (Phi) is 5.02. The molecule has 0 radical (unpaired) electrons. The lowest BCUT2D eigenvalue weighted by Gasteiger charge is -2.25. The number of para-hydroxylation sites is 1. The first-order chi connectivity index (χ1) is 15.5. The molecule has 5 rings (SSSR count). The van der Waals surface area contributed by atoms with Crippen LogP contribution in [0.4, 0.5) is 5.69 Å². The molecule has 1 aliphatic heterocycles. The second-order valence-corrected chi connectivity index (χ2v) is 8.54. The Balaban J connectivity index is 1.45. The Morgan fingerprint density at radius 2 is 1.69 bits per heavy atom. The molecule has 0 unspecified atom stereocenters. The predicted octanol–water partition coefficient (Wildman–Crippen LogP) is 5.48. The van der Waals surface area contributed by atoms with Crippen LogP contribution in [0.5, 0.6) is 0 Å². The van der Waals surface area contributed by atoms with Crippen molar-refractivity contribution in [2.24, 2.45) is 0 Å². The third-order valence-electron chi connectivity index (χ3n) is 6.15. The van der Waals surface area contributed by atoms with E-state index >= 15 is 0 Å². The van der Waals surface area contributed by atoms with Crippen LogP contribution < -0.4 is 5.32 Å². The number of nitrogens with one attached hydrogen (secondary N) is 2. The number of hydrogen-bond donors (Lipinski definition) is 2. The molecule has 0 saturated heterocycles. The van der Waals surface area contributed by atoms with Crippen LogP contribution >= 0.6 is 0 Å². The van der Waals surface area contributed by atoms with Gasteiger partial charge in [-0.2, -0.15) is 0 Å². The third-order valence-corrected chi connectivity index (χ3v) is 6.15. The highest BCUT2D eigenvalue weighted by molar-refractivity contribution is 6.04. The monoisotopic (exact) mass is 423 g/mol. The van der Waals surface area contributed by atoms with E-state index in [2.05, 4.69) is 24.1 Å². The van der Waals surface area contributed by atoms with Crippen molar-refractivity contribution in [2.75, 3.05) is 11.9 Å². The maximum Gasteiger partial charge on any atom is 0.255 e. The lowest BCUT2D eigenvalue weighted by atomic mass is 9.97. The van der Waals surface area contributed by atoms with Gasteiger partial charge in [-0.05, 0) is 41.3 Å². The number of carbonyl (C=O) groups excluding carboxylic acids is 2. The molecule has 2 heterocycles. The number of hydrogen-bond acceptors (Lipinski definition) is 2. The van der Waals surface area contributed by atoms with Gasteiger partial charge in [0.1, 0.15) is 6.54 Å². The van der Waals surface area contributed by atoms with Crippen molar-refractivity contribution in [3.8, 4) is 0 Å². The maximum absolute atomic E-state index is 13.3. The highest BCUT2D eigenvalue weighted by atomic mass is 16.2. The average Bonchev–Trinajstić information content (AvgIpc) is 3.33. The average molecular weight is 424 g/mol. The van der Waals surface area contributed by atoms with Crippen LogP contribution in [0.3, 0.4) is 0 Å². The second-order valence-electron chi connectivity index (χ2n) is 8.54. The number of rotatable bonds is 5. The van der Waals surface area contributed by atoms with Gasteiger partial charge < -0.3 is 15.2 Å². The first-order valence-corrected chi connectivity index (χ1v) is 10.9. The molecular weight excluding hydrogens is 398 g/mol. The normalized spacial score (nSPS) is 15.4. The fourth-order valence-electron chi connectivity index (χ4n) is 4.50. The van der Waals surface area contributed by atoms with E-state index in [-0.39, 0.29) is 24.4 Å². The minimum atomic E-state index is -0.316. The Labute approximate surface area is 187 Å². The Morgan fingerprint density at radius 1 is 0.969 bits per heavy atom. The van der Waals surface area contributed by atoms with Crippen molar-refractivity contribution in [3.63, 3.8) is 0 Å². The molecule has 1 atom stereocenters. The van der Waals surface area contributed by atoms with E-state index in [1.165, 1.54) is 5.56 Å². The van der Waals surface area contributed by atoms with Crippen molar-refractivity contribution >= 4 is 28.4 Å². The summed E-state index contributed by atoms with van der Waals surface area (Å²) in [5.41, 5.74) is 5.52. The maximum atomic E-state index is 13.3. The zero-order chi connectivity index (χ0) is 22.2. The number of fused-ring (bicyclic) bond motifs is 2. The van der Waals surface area contributed by atoms with E-state index in [0.717, 1.165) is 27.7 Å². The van der Waals surface area contributed by atoms with Crippen molar-refractivity contribution in [3.05, 3.63) is 101 Å². The number of aromatic amines is 1. The molecule has 3 aromatic carbocycles. The predicted molar refractivity (Wildman–Crippen MR) is 127 cm³/mol. The van der Waals surface area contributed by atoms with E-state index in [1.54, 1.807) is 4.90 Å². The molecule has 1 aromatic heterocycles. The van der Waals surface area contributed by atoms with Gasteiger partial charge >= 0.3 is 0 Å². The molecule has 5 heteroatoms. The lowest BCUT2D eigenvalue weighted by Crippen LogP contribution is -2.36. The molecule has 160 valence electrons. The topological polar surface area (TPSA) is 65.2 Å². The second kappa shape index (κ2) is 8.00. The van der Waals surface area contributed by atoms with Gasteiger partial charge in [-0.1, -0.05) is 62.4 Å². The van der Waals surface area contributed by atoms with Gasteiger partial charge in [0.05, 0.1) is 6.04 Å². The van der Waals surface area contributed by atoms with E-state index in [1.807, 2.05) is 79.0 Å². The Hall–Kier alpha value is -3.86. The summed E-state index contributed by atoms with van der Waals surface area (Å²) < 4.78 is 0. The minimum absolute atomic E-state index is 0.0242. The highest BCUT2D eigenvalue weighted by Gasteiger charge is 2.39. The number of benzene rings is 3. The third kappa shape index (κ3) is 3.46. The summed E-state index contributed by atoms with van der Waals surface area (Å²) in [5.74, 6) is 0.0897. The van der Waals surface area contributed by atoms with Crippen molar-refractivity contribution in [1.82, 2.24) is 9.88 Å². The standard InChI is InChI=1S/C27H25N3O2/c1-17(2)18-11-13-19(14-12-18)29-25(31)16-30-26(21-8-3-4-9-22(21)27(30)32)23-15-28-24-10-6-5-7-20(23)24/h3-15,17,26,28H,16H2,1-2H3,(H,29,31)/t26-/m0/s1. The molecule has 0 fully saturated rings. The molecule has 0 aliphatic carbocycles. The van der Waals surface area contributed by atoms with E-state index in [4.69, 9.17) is 0 Å². The zero-order valence-electron chi connectivity index (χ0n) is 18.1. The van der Waals surface area contributed by atoms with Crippen LogP contribution in [0.1, 0.15) is 52.9 Å². The van der Waals surface area contributed by atoms with Crippen LogP contribution in [-0.2, 0) is 4.79 Å². The van der Waals surface area contributed by atoms with Gasteiger partial charge in [0.2, 0.25) is 5.91 Å². The van der Waals surface area contributed by atoms with Crippen LogP contribution in [0.2, 0.25) is 0 Å². The summed E-state index contributed by atoms with van der Waals surface area (Å²) >= 11 is 0. The molecule has 2 N–H and O–H groups in total. The van der Waals surface area contributed by atoms with Gasteiger partial charge in [0.25, 0.3) is 5.91 Å². The first-order valence-electron chi connectivity index (χ1n) is 10.9. The van der Waals surface area contributed by atoms with E-state index in [9.17, 15) is 9.59 Å². The van der Waals surface area contributed by atoms with Crippen molar-refractivity contribution in [2.45, 2.75) is 25.8 Å². The summed E-state index contributed by atoms with van der Waals surface area (Å²) in [5, 5.41) is 4.00. The molecule has 2 amide bonds. The lowest BCUT2D eigenvalue weighted by molar-refractivity contribution is -0.117. The molecule has 5 nitrogen and oxygen atoms in total. The molecular formula is C27H25N3O2. The number of anilines is 1. The SMILES string of the molecule is CC(C)c1ccc(NC(=O)CN2C(=O)c3ccccc3[C@H]2c2c[nH]c3ccccc23)cc1. The largest absolute Gasteiger partial charge is 0.361 e. The van der Waals surface area contributed by atoms with E-state index < -0.39 is 0 Å². The molecule has 32 heavy (non-hydrogen) atoms. The summed E-state index contributed by atoms with van der Waals surface area (Å²) in [4.78, 5) is 31.2. The van der Waals surface area contributed by atoms with Crippen molar-refractivity contribution in [1.29, 1.82) is 0 Å². The molecule has 4 aromatic rings. The van der Waals surface area contributed by atoms with E-state index in [0.29, 0.717) is 11.5 Å². The summed E-state index contributed by atoms with van der Waals surface area (Å²) in [6.45, 7) is 4.24. The van der Waals surface area contributed by atoms with Crippen LogP contribution in [0, 0.1) is 0 Å². The quantitative estimate of drug-likeness (QED) is 0.447. The Morgan fingerprint density at radius 3 is 2.47 bits per heavy atom. The molecule has 0 bridgehead atoms. The number of H-pyrrole nitrogens is 1. The number of carbonyl (C=O) groups is 2. The van der Waals surface area contributed by atoms with Gasteiger partial charge in [-0.25, -0.2) is 0 Å². The van der Waals surface area contributed by atoms with Gasteiger partial charge in [0.15, 0.2) is 0 Å². The van der Waals surface area contributed by atoms with Gasteiger partial charge in [0, 0.05) is 33.9 Å². The van der Waals surface area contributed by atoms with Crippen molar-refractivity contribution < 1.29 is 9.59 Å². The van der Waals surface area contributed by atoms with Crippen LogP contribution in [0.15, 0.2) is 79.0 Å². The fraction of sp³-hybridized carbons (Fsp3) is 0.185. The molecule has 0 saturated carbocycles. The summed E-state index contributed by atoms with van der Waals surface area (Å²) in [7, 11) is 0. The summed E-state index contributed by atoms with van der Waals surface area (Å²) in [6.07, 6.45) is 1.94. The Bertz CT molecular complexity index is 1300. The van der Waals surface area contributed by atoms with Crippen LogP contribution in [0.25, 0.3) is 10.9 Å². The minimum Gasteiger partial charge on any atom is -0.361 e. The van der Waals surface area contributed by atoms with Crippen LogP contribution in [-0.4, -0.2) is 28.2 Å². The summed E-state index contributed by atoms with van der Waals surface area (Å²) in [6, 6.07) is 23.2. The fourth-order valence-corrected chi connectivity index (χ4v) is 4.50. The number of nitrogens with zero attached hydrogens (tertiary/aromatic N) is 1. The first kappa shape index (κ1) is 20.1. The van der Waals surface area contributed by atoms with Gasteiger partial charge in [-0.15, -0.1) is 0 Å². The zero-order valence-corrected chi connectivity index (χ0v) is 18.1. The number of amides is 2. The smallest absolute Gasteiger partial charge is 0.255 e.